The van der Waals surface area contributed by atoms with Gasteiger partial charge in [0.2, 0.25) is 0 Å². The summed E-state index contributed by atoms with van der Waals surface area (Å²) >= 11 is 0. The lowest BCUT2D eigenvalue weighted by molar-refractivity contribution is 0.0758. The first kappa shape index (κ1) is 20.2. The quantitative estimate of drug-likeness (QED) is 0.831. The first-order chi connectivity index (χ1) is 13.9. The Morgan fingerprint density at radius 1 is 1.21 bits per heavy atom. The van der Waals surface area contributed by atoms with Crippen LogP contribution in [-0.2, 0) is 4.74 Å². The summed E-state index contributed by atoms with van der Waals surface area (Å²) in [5.41, 5.74) is 1.88. The van der Waals surface area contributed by atoms with E-state index in [0.29, 0.717) is 11.4 Å². The van der Waals surface area contributed by atoms with E-state index in [0.717, 1.165) is 11.3 Å². The number of carbonyl (C=O) groups is 1. The second-order valence-electron chi connectivity index (χ2n) is 7.33. The predicted octanol–water partition coefficient (Wildman–Crippen LogP) is 3.88. The Bertz CT molecular complexity index is 933. The number of hydrogen-bond donors (Lipinski definition) is 1. The van der Waals surface area contributed by atoms with Crippen LogP contribution in [0.5, 0.6) is 5.75 Å². The Kier molecular flexibility index (Phi) is 6.33. The molecule has 0 bridgehead atoms. The second kappa shape index (κ2) is 9.09. The van der Waals surface area contributed by atoms with Crippen molar-refractivity contribution < 1.29 is 14.3 Å². The Labute approximate surface area is 169 Å². The van der Waals surface area contributed by atoms with Crippen LogP contribution in [-0.4, -0.2) is 40.6 Å². The Hall–Kier alpha value is -3.55. The van der Waals surface area contributed by atoms with Gasteiger partial charge in [-0.15, -0.1) is 0 Å². The van der Waals surface area contributed by atoms with E-state index >= 15 is 0 Å². The molecule has 0 spiro atoms. The molecule has 1 amide bonds. The highest BCUT2D eigenvalue weighted by Gasteiger charge is 2.20. The van der Waals surface area contributed by atoms with Gasteiger partial charge in [-0.3, -0.25) is 9.98 Å². The summed E-state index contributed by atoms with van der Waals surface area (Å²) in [6.45, 7) is 5.63. The zero-order valence-corrected chi connectivity index (χ0v) is 16.6. The van der Waals surface area contributed by atoms with Gasteiger partial charge < -0.3 is 14.8 Å². The smallest absolute Gasteiger partial charge is 0.407 e. The number of nitrogens with zero attached hydrogens (tertiary/aromatic N) is 4. The molecule has 8 heteroatoms. The summed E-state index contributed by atoms with van der Waals surface area (Å²) in [5.74, 6) is 0.579. The number of nitrogens with one attached hydrogen (secondary N) is 1. The van der Waals surface area contributed by atoms with Crippen LogP contribution in [0.2, 0.25) is 0 Å². The van der Waals surface area contributed by atoms with Gasteiger partial charge in [0.15, 0.2) is 6.10 Å². The van der Waals surface area contributed by atoms with Crippen molar-refractivity contribution >= 4 is 30.3 Å². The van der Waals surface area contributed by atoms with Gasteiger partial charge in [-0.25, -0.2) is 14.8 Å². The number of fused-ring (bicyclic) bond motifs is 1. The third kappa shape index (κ3) is 6.24. The zero-order chi connectivity index (χ0) is 20.7. The molecular formula is C21H23N5O3. The molecule has 0 saturated heterocycles. The van der Waals surface area contributed by atoms with Gasteiger partial charge in [0.1, 0.15) is 18.7 Å². The lowest BCUT2D eigenvalue weighted by Gasteiger charge is -2.22. The molecule has 1 aliphatic rings. The average Bonchev–Trinajstić information content (AvgIpc) is 2.65. The number of benzene rings is 1. The van der Waals surface area contributed by atoms with Crippen LogP contribution in [0, 0.1) is 0 Å². The van der Waals surface area contributed by atoms with Gasteiger partial charge >= 0.3 is 6.09 Å². The molecule has 1 N–H and O–H groups in total. The van der Waals surface area contributed by atoms with Crippen molar-refractivity contribution in [2.45, 2.75) is 32.4 Å². The van der Waals surface area contributed by atoms with Gasteiger partial charge in [0.25, 0.3) is 0 Å². The molecule has 0 radical (unpaired) electrons. The van der Waals surface area contributed by atoms with Crippen molar-refractivity contribution in [2.75, 3.05) is 6.61 Å². The fraction of sp³-hybridized carbons (Fsp3) is 0.286. The first-order valence-corrected chi connectivity index (χ1v) is 9.15. The van der Waals surface area contributed by atoms with Gasteiger partial charge in [0, 0.05) is 42.0 Å². The molecule has 2 heterocycles. The Balaban J connectivity index is 1.77. The molecule has 0 fully saturated rings. The van der Waals surface area contributed by atoms with E-state index in [-0.39, 0.29) is 6.61 Å². The standard InChI is InChI=1S/C21H23N5O3/c1-21(2,3)26-20(27)28-13-19(17-7-9-23-14-25-17)29-16-5-4-15-6-8-22-10-11-24-18(15)12-16/h4-12,14,19H,13H2,1-3H3,(H,26,27). The summed E-state index contributed by atoms with van der Waals surface area (Å²) in [7, 11) is 0. The monoisotopic (exact) mass is 393 g/mol. The van der Waals surface area contributed by atoms with Crippen LogP contribution in [0.4, 0.5) is 10.5 Å². The molecule has 150 valence electrons. The molecule has 8 nitrogen and oxygen atoms in total. The van der Waals surface area contributed by atoms with E-state index in [4.69, 9.17) is 9.47 Å². The van der Waals surface area contributed by atoms with E-state index in [1.165, 1.54) is 6.33 Å². The lowest BCUT2D eigenvalue weighted by atomic mass is 10.1. The van der Waals surface area contributed by atoms with Crippen molar-refractivity contribution in [3.63, 3.8) is 0 Å². The first-order valence-electron chi connectivity index (χ1n) is 9.15. The number of aromatic nitrogens is 2. The number of ether oxygens (including phenoxy) is 2. The van der Waals surface area contributed by atoms with Crippen molar-refractivity contribution in [3.05, 3.63) is 54.2 Å². The van der Waals surface area contributed by atoms with Crippen LogP contribution in [0.1, 0.15) is 38.1 Å². The number of hydrogen-bond acceptors (Lipinski definition) is 7. The highest BCUT2D eigenvalue weighted by Crippen LogP contribution is 2.29. The predicted molar refractivity (Wildman–Crippen MR) is 112 cm³/mol. The number of alkyl carbamates (subject to hydrolysis) is 1. The minimum atomic E-state index is -0.601. The highest BCUT2D eigenvalue weighted by molar-refractivity contribution is 6.17. The number of carbonyl (C=O) groups excluding carboxylic acids is 1. The third-order valence-corrected chi connectivity index (χ3v) is 3.76. The molecule has 1 unspecified atom stereocenters. The Morgan fingerprint density at radius 2 is 2.07 bits per heavy atom. The SMILES string of the molecule is CC(C)(C)NC(=O)OCC(Oc1ccc2c(c1)N=CC=NC=C2)c1ccncn1. The van der Waals surface area contributed by atoms with Gasteiger partial charge in [-0.2, -0.15) is 0 Å². The van der Waals surface area contributed by atoms with Crippen LogP contribution >= 0.6 is 0 Å². The number of amides is 1. The summed E-state index contributed by atoms with van der Waals surface area (Å²) in [6.07, 6.45) is 8.72. The van der Waals surface area contributed by atoms with Gasteiger partial charge in [-0.05, 0) is 45.0 Å². The van der Waals surface area contributed by atoms with Crippen molar-refractivity contribution in [1.82, 2.24) is 15.3 Å². The molecule has 0 saturated carbocycles. The summed E-state index contributed by atoms with van der Waals surface area (Å²) in [5, 5.41) is 2.76. The summed E-state index contributed by atoms with van der Waals surface area (Å²) in [6, 6.07) is 7.26. The van der Waals surface area contributed by atoms with Crippen LogP contribution < -0.4 is 10.1 Å². The summed E-state index contributed by atoms with van der Waals surface area (Å²) in [4.78, 5) is 28.6. The molecule has 29 heavy (non-hydrogen) atoms. The van der Waals surface area contributed by atoms with E-state index in [1.807, 2.05) is 45.0 Å². The third-order valence-electron chi connectivity index (χ3n) is 3.76. The molecule has 0 aliphatic carbocycles. The Morgan fingerprint density at radius 3 is 2.83 bits per heavy atom. The minimum absolute atomic E-state index is 0.00810. The molecule has 1 atom stereocenters. The van der Waals surface area contributed by atoms with Crippen molar-refractivity contribution in [2.24, 2.45) is 9.98 Å². The molecule has 2 aromatic rings. The van der Waals surface area contributed by atoms with Crippen LogP contribution in [0.25, 0.3) is 6.08 Å². The average molecular weight is 393 g/mol. The maximum atomic E-state index is 12.0. The molecule has 1 aliphatic heterocycles. The molecule has 1 aromatic heterocycles. The number of aliphatic imine (C=N–C) groups is 2. The topological polar surface area (TPSA) is 98.1 Å². The van der Waals surface area contributed by atoms with Crippen LogP contribution in [0.15, 0.2) is 53.0 Å². The van der Waals surface area contributed by atoms with E-state index in [1.54, 1.807) is 30.9 Å². The molecule has 1 aromatic carbocycles. The fourth-order valence-corrected chi connectivity index (χ4v) is 2.50. The van der Waals surface area contributed by atoms with E-state index < -0.39 is 17.7 Å². The molecule has 3 rings (SSSR count). The number of rotatable bonds is 5. The van der Waals surface area contributed by atoms with Gasteiger partial charge in [-0.1, -0.05) is 0 Å². The van der Waals surface area contributed by atoms with Crippen LogP contribution in [0.3, 0.4) is 0 Å². The normalized spacial score (nSPS) is 13.8. The lowest BCUT2D eigenvalue weighted by Crippen LogP contribution is -2.41. The van der Waals surface area contributed by atoms with Crippen molar-refractivity contribution in [3.8, 4) is 5.75 Å². The highest BCUT2D eigenvalue weighted by atomic mass is 16.6. The fourth-order valence-electron chi connectivity index (χ4n) is 2.50. The van der Waals surface area contributed by atoms with E-state index in [2.05, 4.69) is 25.3 Å². The minimum Gasteiger partial charge on any atom is -0.480 e. The van der Waals surface area contributed by atoms with E-state index in [9.17, 15) is 4.79 Å². The largest absolute Gasteiger partial charge is 0.480 e. The molecular weight excluding hydrogens is 370 g/mol. The maximum Gasteiger partial charge on any atom is 0.407 e. The second-order valence-corrected chi connectivity index (χ2v) is 7.33. The van der Waals surface area contributed by atoms with Gasteiger partial charge in [0.05, 0.1) is 11.4 Å². The maximum absolute atomic E-state index is 12.0. The van der Waals surface area contributed by atoms with Crippen molar-refractivity contribution in [1.29, 1.82) is 0 Å². The summed E-state index contributed by atoms with van der Waals surface area (Å²) < 4.78 is 11.5. The zero-order valence-electron chi connectivity index (χ0n) is 16.6.